The van der Waals surface area contributed by atoms with E-state index in [1.54, 1.807) is 0 Å². The van der Waals surface area contributed by atoms with Crippen LogP contribution >= 0.6 is 12.4 Å². The molecule has 0 aromatic carbocycles. The highest BCUT2D eigenvalue weighted by atomic mass is 35.5. The molecule has 0 bridgehead atoms. The van der Waals surface area contributed by atoms with Crippen molar-refractivity contribution in [2.75, 3.05) is 6.54 Å². The molecule has 1 aliphatic heterocycles. The smallest absolute Gasteiger partial charge is 0.241 e. The van der Waals surface area contributed by atoms with Crippen molar-refractivity contribution in [2.45, 2.75) is 32.4 Å². The normalized spacial score (nSPS) is 17.5. The van der Waals surface area contributed by atoms with E-state index in [1.807, 2.05) is 18.2 Å². The lowest BCUT2D eigenvalue weighted by molar-refractivity contribution is -0.122. The Balaban J connectivity index is 0.00000162. The number of aromatic nitrogens is 1. The molecule has 2 rings (SSSR count). The van der Waals surface area contributed by atoms with E-state index in [0.717, 1.165) is 25.1 Å². The van der Waals surface area contributed by atoms with Gasteiger partial charge in [-0.05, 0) is 6.42 Å². The van der Waals surface area contributed by atoms with Crippen LogP contribution in [0.25, 0.3) is 0 Å². The number of hydrogen-bond donors (Lipinski definition) is 2. The minimum Gasteiger partial charge on any atom is -0.359 e. The van der Waals surface area contributed by atoms with Crippen LogP contribution in [0.3, 0.4) is 0 Å². The van der Waals surface area contributed by atoms with Gasteiger partial charge in [0.05, 0.1) is 12.2 Å². The number of rotatable bonds is 5. The van der Waals surface area contributed by atoms with Gasteiger partial charge in [0.25, 0.3) is 0 Å². The van der Waals surface area contributed by atoms with E-state index < -0.39 is 0 Å². The summed E-state index contributed by atoms with van der Waals surface area (Å²) in [5.74, 6) is 0.663. The van der Waals surface area contributed by atoms with Crippen molar-refractivity contribution < 1.29 is 9.32 Å². The fourth-order valence-corrected chi connectivity index (χ4v) is 1.74. The van der Waals surface area contributed by atoms with Crippen LogP contribution < -0.4 is 10.6 Å². The molecule has 0 saturated carbocycles. The van der Waals surface area contributed by atoms with E-state index in [0.29, 0.717) is 12.3 Å². The van der Waals surface area contributed by atoms with E-state index >= 15 is 0 Å². The second-order valence-corrected chi connectivity index (χ2v) is 4.07. The summed E-state index contributed by atoms with van der Waals surface area (Å²) < 4.78 is 5.13. The molecule has 0 saturated heterocycles. The summed E-state index contributed by atoms with van der Waals surface area (Å²) >= 11 is 0. The average Bonchev–Trinajstić information content (AvgIpc) is 2.97. The van der Waals surface area contributed by atoms with Crippen molar-refractivity contribution in [3.05, 3.63) is 29.7 Å². The molecule has 1 aromatic heterocycles. The Kier molecular flexibility index (Phi) is 5.88. The van der Waals surface area contributed by atoms with E-state index in [4.69, 9.17) is 4.52 Å². The number of hydrogen-bond acceptors (Lipinski definition) is 4. The zero-order chi connectivity index (χ0) is 12.1. The molecule has 1 unspecified atom stereocenters. The van der Waals surface area contributed by atoms with Gasteiger partial charge in [0.2, 0.25) is 5.91 Å². The minimum absolute atomic E-state index is 0. The highest BCUT2D eigenvalue weighted by Crippen LogP contribution is 2.05. The zero-order valence-corrected chi connectivity index (χ0v) is 11.1. The predicted molar refractivity (Wildman–Crippen MR) is 70.5 cm³/mol. The largest absolute Gasteiger partial charge is 0.359 e. The molecule has 1 amide bonds. The Bertz CT molecular complexity index is 417. The molecule has 6 heteroatoms. The van der Waals surface area contributed by atoms with E-state index in [2.05, 4.69) is 22.7 Å². The van der Waals surface area contributed by atoms with Crippen molar-refractivity contribution in [3.63, 3.8) is 0 Å². The molecular formula is C12H18ClN3O2. The number of amides is 1. The van der Waals surface area contributed by atoms with Crippen LogP contribution in [-0.2, 0) is 17.8 Å². The van der Waals surface area contributed by atoms with E-state index in [9.17, 15) is 4.79 Å². The molecule has 2 heterocycles. The molecule has 0 fully saturated rings. The van der Waals surface area contributed by atoms with Crippen LogP contribution in [0.1, 0.15) is 24.8 Å². The minimum atomic E-state index is -0.215. The third-order valence-corrected chi connectivity index (χ3v) is 2.62. The zero-order valence-electron chi connectivity index (χ0n) is 10.3. The number of nitrogens with zero attached hydrogens (tertiary/aromatic N) is 1. The first kappa shape index (κ1) is 14.7. The Morgan fingerprint density at radius 3 is 3.17 bits per heavy atom. The SMILES string of the molecule is CCCc1cc(CNC(=O)C2C=CCN2)on1.Cl. The fraction of sp³-hybridized carbons (Fsp3) is 0.500. The van der Waals surface area contributed by atoms with Gasteiger partial charge < -0.3 is 9.84 Å². The van der Waals surface area contributed by atoms with Crippen molar-refractivity contribution in [3.8, 4) is 0 Å². The van der Waals surface area contributed by atoms with Crippen LogP contribution in [0.2, 0.25) is 0 Å². The average molecular weight is 272 g/mol. The number of nitrogens with one attached hydrogen (secondary N) is 2. The van der Waals surface area contributed by atoms with Crippen LogP contribution in [0.15, 0.2) is 22.7 Å². The monoisotopic (exact) mass is 271 g/mol. The summed E-state index contributed by atoms with van der Waals surface area (Å²) in [6.45, 7) is 3.23. The topological polar surface area (TPSA) is 67.2 Å². The van der Waals surface area contributed by atoms with Gasteiger partial charge in [-0.2, -0.15) is 0 Å². The van der Waals surface area contributed by atoms with Gasteiger partial charge in [0.1, 0.15) is 6.04 Å². The van der Waals surface area contributed by atoms with Gasteiger partial charge in [-0.3, -0.25) is 10.1 Å². The number of halogens is 1. The lowest BCUT2D eigenvalue weighted by atomic mass is 10.2. The van der Waals surface area contributed by atoms with Crippen molar-refractivity contribution in [1.29, 1.82) is 0 Å². The molecule has 18 heavy (non-hydrogen) atoms. The van der Waals surface area contributed by atoms with Crippen LogP contribution in [-0.4, -0.2) is 23.7 Å². The van der Waals surface area contributed by atoms with Gasteiger partial charge in [0.15, 0.2) is 5.76 Å². The molecule has 1 atom stereocenters. The maximum Gasteiger partial charge on any atom is 0.241 e. The van der Waals surface area contributed by atoms with Crippen molar-refractivity contribution in [1.82, 2.24) is 15.8 Å². The second-order valence-electron chi connectivity index (χ2n) is 4.07. The Morgan fingerprint density at radius 2 is 2.50 bits per heavy atom. The first-order valence-electron chi connectivity index (χ1n) is 5.92. The van der Waals surface area contributed by atoms with Gasteiger partial charge in [-0.25, -0.2) is 0 Å². The van der Waals surface area contributed by atoms with E-state index in [1.165, 1.54) is 0 Å². The standard InChI is InChI=1S/C12H17N3O2.ClH/c1-2-4-9-7-10(17-15-9)8-14-12(16)11-5-3-6-13-11;/h3,5,7,11,13H,2,4,6,8H2,1H3,(H,14,16);1H. The first-order chi connectivity index (χ1) is 8.29. The fourth-order valence-electron chi connectivity index (χ4n) is 1.74. The summed E-state index contributed by atoms with van der Waals surface area (Å²) in [4.78, 5) is 11.7. The highest BCUT2D eigenvalue weighted by molar-refractivity contribution is 5.85. The lowest BCUT2D eigenvalue weighted by Gasteiger charge is -2.08. The molecule has 100 valence electrons. The first-order valence-corrected chi connectivity index (χ1v) is 5.92. The summed E-state index contributed by atoms with van der Waals surface area (Å²) in [5, 5.41) is 9.78. The Labute approximate surface area is 112 Å². The number of carbonyl (C=O) groups excluding carboxylic acids is 1. The quantitative estimate of drug-likeness (QED) is 0.790. The number of carbonyl (C=O) groups is 1. The third kappa shape index (κ3) is 3.85. The van der Waals surface area contributed by atoms with Gasteiger partial charge in [0, 0.05) is 12.6 Å². The molecule has 0 radical (unpaired) electrons. The lowest BCUT2D eigenvalue weighted by Crippen LogP contribution is -2.40. The molecule has 1 aliphatic rings. The number of aryl methyl sites for hydroxylation is 1. The van der Waals surface area contributed by atoms with Crippen LogP contribution in [0.4, 0.5) is 0 Å². The van der Waals surface area contributed by atoms with Gasteiger partial charge >= 0.3 is 0 Å². The summed E-state index contributed by atoms with van der Waals surface area (Å²) in [6.07, 6.45) is 5.75. The summed E-state index contributed by atoms with van der Waals surface area (Å²) in [5.41, 5.74) is 0.940. The highest BCUT2D eigenvalue weighted by Gasteiger charge is 2.17. The van der Waals surface area contributed by atoms with E-state index in [-0.39, 0.29) is 24.4 Å². The van der Waals surface area contributed by atoms with Crippen LogP contribution in [0.5, 0.6) is 0 Å². The predicted octanol–water partition coefficient (Wildman–Crippen LogP) is 1.19. The van der Waals surface area contributed by atoms with Gasteiger partial charge in [-0.1, -0.05) is 30.7 Å². The van der Waals surface area contributed by atoms with Crippen LogP contribution in [0, 0.1) is 0 Å². The second kappa shape index (κ2) is 7.18. The summed E-state index contributed by atoms with van der Waals surface area (Å²) in [7, 11) is 0. The third-order valence-electron chi connectivity index (χ3n) is 2.62. The Morgan fingerprint density at radius 1 is 1.67 bits per heavy atom. The molecule has 5 nitrogen and oxygen atoms in total. The van der Waals surface area contributed by atoms with Crippen molar-refractivity contribution >= 4 is 18.3 Å². The molecule has 0 spiro atoms. The Hall–Kier alpha value is -1.33. The maximum absolute atomic E-state index is 11.7. The molecular weight excluding hydrogens is 254 g/mol. The summed E-state index contributed by atoms with van der Waals surface area (Å²) in [6, 6.07) is 1.68. The van der Waals surface area contributed by atoms with Gasteiger partial charge in [-0.15, -0.1) is 12.4 Å². The maximum atomic E-state index is 11.7. The van der Waals surface area contributed by atoms with Crippen molar-refractivity contribution in [2.24, 2.45) is 0 Å². The molecule has 0 aliphatic carbocycles. The molecule has 1 aromatic rings. The molecule has 2 N–H and O–H groups in total.